The van der Waals surface area contributed by atoms with Crippen molar-refractivity contribution in [1.82, 2.24) is 14.8 Å². The first-order valence-electron chi connectivity index (χ1n) is 8.98. The molecule has 1 heterocycles. The number of anilines is 1. The van der Waals surface area contributed by atoms with Gasteiger partial charge in [-0.2, -0.15) is 5.26 Å². The van der Waals surface area contributed by atoms with Gasteiger partial charge in [0.05, 0.1) is 23.4 Å². The fourth-order valence-electron chi connectivity index (χ4n) is 2.87. The predicted octanol–water partition coefficient (Wildman–Crippen LogP) is 4.00. The normalized spacial score (nSPS) is 11.6. The molecule has 0 bridgehead atoms. The Bertz CT molecular complexity index is 980. The van der Waals surface area contributed by atoms with Crippen molar-refractivity contribution >= 4 is 23.4 Å². The summed E-state index contributed by atoms with van der Waals surface area (Å²) in [6.45, 7) is 4.23. The van der Waals surface area contributed by atoms with Gasteiger partial charge in [0.15, 0.2) is 5.16 Å². The number of nitriles is 1. The van der Waals surface area contributed by atoms with E-state index in [-0.39, 0.29) is 17.6 Å². The molecule has 0 radical (unpaired) electrons. The van der Waals surface area contributed by atoms with Crippen molar-refractivity contribution in [3.63, 3.8) is 0 Å². The van der Waals surface area contributed by atoms with Gasteiger partial charge in [-0.3, -0.25) is 9.36 Å². The lowest BCUT2D eigenvalue weighted by Gasteiger charge is -2.24. The summed E-state index contributed by atoms with van der Waals surface area (Å²) < 4.78 is 1.89. The highest BCUT2D eigenvalue weighted by Gasteiger charge is 2.24. The Morgan fingerprint density at radius 2 is 1.93 bits per heavy atom. The first-order chi connectivity index (χ1) is 13.6. The molecule has 1 unspecified atom stereocenters. The van der Waals surface area contributed by atoms with Crippen LogP contribution in [0.4, 0.5) is 5.69 Å². The summed E-state index contributed by atoms with van der Waals surface area (Å²) in [5.74, 6) is -0.0641. The molecule has 0 fully saturated rings. The van der Waals surface area contributed by atoms with Gasteiger partial charge in [-0.25, -0.2) is 0 Å². The Morgan fingerprint density at radius 3 is 2.64 bits per heavy atom. The van der Waals surface area contributed by atoms with Gasteiger partial charge in [0.25, 0.3) is 0 Å². The van der Waals surface area contributed by atoms with Crippen LogP contribution in [0.1, 0.15) is 18.9 Å². The zero-order chi connectivity index (χ0) is 19.9. The quantitative estimate of drug-likeness (QED) is 0.569. The van der Waals surface area contributed by atoms with Gasteiger partial charge >= 0.3 is 0 Å². The minimum absolute atomic E-state index is 0.0641. The summed E-state index contributed by atoms with van der Waals surface area (Å²) in [4.78, 5) is 14.8. The molecule has 0 aliphatic carbocycles. The van der Waals surface area contributed by atoms with E-state index in [1.807, 2.05) is 73.0 Å². The highest BCUT2D eigenvalue weighted by molar-refractivity contribution is 8.00. The fraction of sp³-hybridized carbons (Fsp3) is 0.238. The third-order valence-electron chi connectivity index (χ3n) is 4.30. The molecule has 1 atom stereocenters. The molecule has 0 saturated carbocycles. The minimum atomic E-state index is -0.383. The van der Waals surface area contributed by atoms with Crippen molar-refractivity contribution in [2.45, 2.75) is 30.7 Å². The second-order valence-corrected chi connectivity index (χ2v) is 7.57. The Kier molecular flexibility index (Phi) is 6.45. The van der Waals surface area contributed by atoms with Crippen LogP contribution in [-0.2, 0) is 4.79 Å². The van der Waals surface area contributed by atoms with Gasteiger partial charge in [-0.05, 0) is 37.6 Å². The van der Waals surface area contributed by atoms with E-state index in [4.69, 9.17) is 5.26 Å². The van der Waals surface area contributed by atoms with Crippen molar-refractivity contribution in [3.8, 4) is 11.8 Å². The van der Waals surface area contributed by atoms with Crippen LogP contribution in [0.15, 0.2) is 66.1 Å². The van der Waals surface area contributed by atoms with Gasteiger partial charge < -0.3 is 4.90 Å². The Balaban J connectivity index is 1.82. The molecular formula is C21H21N5OS. The molecule has 0 aliphatic heterocycles. The lowest BCUT2D eigenvalue weighted by Crippen LogP contribution is -2.37. The Hall–Kier alpha value is -3.11. The summed E-state index contributed by atoms with van der Waals surface area (Å²) in [7, 11) is 0. The molecule has 7 heteroatoms. The van der Waals surface area contributed by atoms with Gasteiger partial charge in [0.2, 0.25) is 5.91 Å². The van der Waals surface area contributed by atoms with Crippen LogP contribution in [0.3, 0.4) is 0 Å². The third-order valence-corrected chi connectivity index (χ3v) is 5.35. The number of aryl methyl sites for hydroxylation is 1. The first-order valence-corrected chi connectivity index (χ1v) is 9.86. The molecule has 28 heavy (non-hydrogen) atoms. The molecule has 6 nitrogen and oxygen atoms in total. The van der Waals surface area contributed by atoms with E-state index in [1.165, 1.54) is 11.8 Å². The second kappa shape index (κ2) is 9.20. The lowest BCUT2D eigenvalue weighted by atomic mass is 10.2. The summed E-state index contributed by atoms with van der Waals surface area (Å²) in [6.07, 6.45) is 1.93. The molecule has 0 N–H and O–H groups in total. The summed E-state index contributed by atoms with van der Waals surface area (Å²) in [5.41, 5.74) is 2.87. The Morgan fingerprint density at radius 1 is 1.21 bits per heavy atom. The van der Waals surface area contributed by atoms with Gasteiger partial charge in [-0.1, -0.05) is 48.2 Å². The smallest absolute Gasteiger partial charge is 0.240 e. The number of benzene rings is 2. The lowest BCUT2D eigenvalue weighted by molar-refractivity contribution is -0.117. The van der Waals surface area contributed by atoms with Gasteiger partial charge in [0, 0.05) is 12.2 Å². The van der Waals surface area contributed by atoms with Crippen LogP contribution in [0.2, 0.25) is 0 Å². The van der Waals surface area contributed by atoms with E-state index in [2.05, 4.69) is 16.3 Å². The van der Waals surface area contributed by atoms with Gasteiger partial charge in [0.1, 0.15) is 6.33 Å². The number of rotatable bonds is 7. The van der Waals surface area contributed by atoms with Crippen LogP contribution in [0.5, 0.6) is 0 Å². The highest BCUT2D eigenvalue weighted by Crippen LogP contribution is 2.27. The van der Waals surface area contributed by atoms with Crippen molar-refractivity contribution in [3.05, 3.63) is 66.5 Å². The number of para-hydroxylation sites is 2. The average molecular weight is 392 g/mol. The Labute approximate surface area is 168 Å². The second-order valence-electron chi connectivity index (χ2n) is 6.26. The largest absolute Gasteiger partial charge is 0.310 e. The van der Waals surface area contributed by atoms with Crippen LogP contribution < -0.4 is 4.90 Å². The van der Waals surface area contributed by atoms with Crippen LogP contribution in [0, 0.1) is 18.3 Å². The molecule has 0 saturated heterocycles. The topological polar surface area (TPSA) is 74.8 Å². The number of amides is 1. The minimum Gasteiger partial charge on any atom is -0.310 e. The molecule has 142 valence electrons. The van der Waals surface area contributed by atoms with E-state index in [9.17, 15) is 4.79 Å². The van der Waals surface area contributed by atoms with E-state index in [1.54, 1.807) is 11.2 Å². The SMILES string of the molecule is Cc1ccccc1-n1cnnc1SC(C)C(=O)N(CCC#N)c1ccccc1. The number of hydrogen-bond donors (Lipinski definition) is 0. The molecule has 2 aromatic carbocycles. The number of hydrogen-bond acceptors (Lipinski definition) is 5. The van der Waals surface area contributed by atoms with Crippen molar-refractivity contribution in [2.75, 3.05) is 11.4 Å². The molecule has 1 aromatic heterocycles. The average Bonchev–Trinajstić information content (AvgIpc) is 3.17. The number of nitrogens with zero attached hydrogens (tertiary/aromatic N) is 5. The van der Waals surface area contributed by atoms with Crippen molar-refractivity contribution < 1.29 is 4.79 Å². The maximum Gasteiger partial charge on any atom is 0.240 e. The van der Waals surface area contributed by atoms with Crippen molar-refractivity contribution in [1.29, 1.82) is 5.26 Å². The van der Waals surface area contributed by atoms with E-state index in [0.29, 0.717) is 11.7 Å². The molecule has 0 aliphatic rings. The fourth-order valence-corrected chi connectivity index (χ4v) is 3.77. The number of carbonyl (C=O) groups is 1. The van der Waals surface area contributed by atoms with Crippen LogP contribution in [-0.4, -0.2) is 32.5 Å². The number of carbonyl (C=O) groups excluding carboxylic acids is 1. The van der Waals surface area contributed by atoms with E-state index in [0.717, 1.165) is 16.9 Å². The predicted molar refractivity (Wildman–Crippen MR) is 110 cm³/mol. The monoisotopic (exact) mass is 391 g/mol. The third kappa shape index (κ3) is 4.41. The van der Waals surface area contributed by atoms with E-state index >= 15 is 0 Å². The van der Waals surface area contributed by atoms with Crippen molar-refractivity contribution in [2.24, 2.45) is 0 Å². The highest BCUT2D eigenvalue weighted by atomic mass is 32.2. The molecule has 0 spiro atoms. The summed E-state index contributed by atoms with van der Waals surface area (Å²) >= 11 is 1.36. The summed E-state index contributed by atoms with van der Waals surface area (Å²) in [6, 6.07) is 19.5. The van der Waals surface area contributed by atoms with E-state index < -0.39 is 0 Å². The van der Waals surface area contributed by atoms with Crippen LogP contribution >= 0.6 is 11.8 Å². The maximum atomic E-state index is 13.1. The zero-order valence-electron chi connectivity index (χ0n) is 15.8. The van der Waals surface area contributed by atoms with Gasteiger partial charge in [-0.15, -0.1) is 10.2 Å². The maximum absolute atomic E-state index is 13.1. The molecule has 1 amide bonds. The van der Waals surface area contributed by atoms with Crippen LogP contribution in [0.25, 0.3) is 5.69 Å². The molecule has 3 rings (SSSR count). The zero-order valence-corrected chi connectivity index (χ0v) is 16.6. The number of aromatic nitrogens is 3. The first kappa shape index (κ1) is 19.6. The molecular weight excluding hydrogens is 370 g/mol. The molecule has 3 aromatic rings. The standard InChI is InChI=1S/C21H21N5OS/c1-16-9-6-7-12-19(16)26-15-23-24-21(26)28-17(2)20(27)25(14-8-13-22)18-10-4-3-5-11-18/h3-7,9-12,15,17H,8,14H2,1-2H3. The number of thioether (sulfide) groups is 1. The summed E-state index contributed by atoms with van der Waals surface area (Å²) in [5, 5.41) is 17.5.